The number of halogens is 1. The van der Waals surface area contributed by atoms with Gasteiger partial charge in [-0.15, -0.1) is 0 Å². The first kappa shape index (κ1) is 10.3. The van der Waals surface area contributed by atoms with Gasteiger partial charge in [-0.2, -0.15) is 0 Å². The van der Waals surface area contributed by atoms with Crippen LogP contribution in [0.2, 0.25) is 0 Å². The number of hydrogen-bond acceptors (Lipinski definition) is 2. The third-order valence-electron chi connectivity index (χ3n) is 3.08. The van der Waals surface area contributed by atoms with Crippen LogP contribution in [0, 0.1) is 5.92 Å². The van der Waals surface area contributed by atoms with Crippen molar-refractivity contribution in [2.24, 2.45) is 5.92 Å². The van der Waals surface area contributed by atoms with Gasteiger partial charge in [-0.25, -0.2) is 4.39 Å². The Hall–Kier alpha value is -1.25. The summed E-state index contributed by atoms with van der Waals surface area (Å²) in [5, 5.41) is 0. The number of methoxy groups -OCH3 is 2. The Bertz CT molecular complexity index is 378. The summed E-state index contributed by atoms with van der Waals surface area (Å²) >= 11 is 0. The largest absolute Gasteiger partial charge is 0.497 e. The molecule has 0 aromatic heterocycles. The van der Waals surface area contributed by atoms with E-state index in [-0.39, 0.29) is 5.92 Å². The van der Waals surface area contributed by atoms with Gasteiger partial charge in [0.25, 0.3) is 0 Å². The van der Waals surface area contributed by atoms with Crippen LogP contribution in [0.5, 0.6) is 11.5 Å². The fraction of sp³-hybridized carbons (Fsp3) is 0.500. The molecule has 2 nitrogen and oxygen atoms in total. The third-order valence-corrected chi connectivity index (χ3v) is 3.08. The minimum absolute atomic E-state index is 0.0831. The van der Waals surface area contributed by atoms with Crippen LogP contribution in [0.4, 0.5) is 4.39 Å². The first-order valence-electron chi connectivity index (χ1n) is 5.03. The fourth-order valence-corrected chi connectivity index (χ4v) is 1.90. The highest BCUT2D eigenvalue weighted by molar-refractivity contribution is 5.46. The highest BCUT2D eigenvalue weighted by Crippen LogP contribution is 2.57. The van der Waals surface area contributed by atoms with E-state index in [9.17, 15) is 4.39 Å². The van der Waals surface area contributed by atoms with Crippen LogP contribution in [-0.2, 0) is 5.67 Å². The molecule has 0 N–H and O–H groups in total. The standard InChI is InChI=1S/C12H15FO2/c1-8-7-12(8,13)10-5-4-9(14-2)6-11(10)15-3/h4-6,8H,7H2,1-3H3. The molecule has 1 aliphatic rings. The van der Waals surface area contributed by atoms with Crippen LogP contribution < -0.4 is 9.47 Å². The summed E-state index contributed by atoms with van der Waals surface area (Å²) < 4.78 is 24.4. The minimum Gasteiger partial charge on any atom is -0.497 e. The molecule has 0 saturated heterocycles. The first-order chi connectivity index (χ1) is 7.11. The molecule has 15 heavy (non-hydrogen) atoms. The Morgan fingerprint density at radius 1 is 1.33 bits per heavy atom. The summed E-state index contributed by atoms with van der Waals surface area (Å²) in [7, 11) is 3.13. The lowest BCUT2D eigenvalue weighted by Gasteiger charge is -2.13. The second-order valence-electron chi connectivity index (χ2n) is 4.03. The molecule has 3 heteroatoms. The van der Waals surface area contributed by atoms with Crippen LogP contribution in [0.3, 0.4) is 0 Å². The molecular formula is C12H15FO2. The number of alkyl halides is 1. The summed E-state index contributed by atoms with van der Waals surface area (Å²) in [6, 6.07) is 5.24. The Labute approximate surface area is 89.0 Å². The van der Waals surface area contributed by atoms with E-state index in [2.05, 4.69) is 0 Å². The van der Waals surface area contributed by atoms with Crippen LogP contribution in [0.1, 0.15) is 18.9 Å². The van der Waals surface area contributed by atoms with Crippen molar-refractivity contribution >= 4 is 0 Å². The van der Waals surface area contributed by atoms with Crippen molar-refractivity contribution in [3.8, 4) is 11.5 Å². The molecule has 0 radical (unpaired) electrons. The highest BCUT2D eigenvalue weighted by Gasteiger charge is 2.55. The molecule has 0 aliphatic heterocycles. The predicted octanol–water partition coefficient (Wildman–Crippen LogP) is 2.91. The highest BCUT2D eigenvalue weighted by atomic mass is 19.1. The number of rotatable bonds is 3. The summed E-state index contributed by atoms with van der Waals surface area (Å²) in [5.74, 6) is 1.34. The number of hydrogen-bond donors (Lipinski definition) is 0. The van der Waals surface area contributed by atoms with Crippen molar-refractivity contribution in [3.05, 3.63) is 23.8 Å². The first-order valence-corrected chi connectivity index (χ1v) is 5.03. The fourth-order valence-electron chi connectivity index (χ4n) is 1.90. The monoisotopic (exact) mass is 210 g/mol. The lowest BCUT2D eigenvalue weighted by Crippen LogP contribution is -2.04. The van der Waals surface area contributed by atoms with E-state index in [0.717, 1.165) is 0 Å². The van der Waals surface area contributed by atoms with Gasteiger partial charge in [-0.3, -0.25) is 0 Å². The van der Waals surface area contributed by atoms with E-state index in [1.165, 1.54) is 0 Å². The summed E-state index contributed by atoms with van der Waals surface area (Å²) in [6.45, 7) is 1.91. The quantitative estimate of drug-likeness (QED) is 0.763. The summed E-state index contributed by atoms with van der Waals surface area (Å²) in [6.07, 6.45) is 0.579. The molecule has 2 atom stereocenters. The summed E-state index contributed by atoms with van der Waals surface area (Å²) in [4.78, 5) is 0. The molecule has 1 fully saturated rings. The van der Waals surface area contributed by atoms with Crippen molar-refractivity contribution in [2.45, 2.75) is 19.0 Å². The minimum atomic E-state index is -1.20. The molecule has 0 bridgehead atoms. The predicted molar refractivity (Wildman–Crippen MR) is 56.1 cm³/mol. The van der Waals surface area contributed by atoms with Gasteiger partial charge in [0.15, 0.2) is 0 Å². The Morgan fingerprint density at radius 2 is 2.00 bits per heavy atom. The van der Waals surface area contributed by atoms with Gasteiger partial charge in [-0.1, -0.05) is 6.92 Å². The number of ether oxygens (including phenoxy) is 2. The lowest BCUT2D eigenvalue weighted by molar-refractivity contribution is 0.278. The lowest BCUT2D eigenvalue weighted by atomic mass is 10.1. The number of benzene rings is 1. The van der Waals surface area contributed by atoms with Crippen molar-refractivity contribution in [2.75, 3.05) is 14.2 Å². The Morgan fingerprint density at radius 3 is 2.47 bits per heavy atom. The van der Waals surface area contributed by atoms with Crippen LogP contribution >= 0.6 is 0 Å². The zero-order valence-corrected chi connectivity index (χ0v) is 9.21. The topological polar surface area (TPSA) is 18.5 Å². The molecule has 1 aliphatic carbocycles. The van der Waals surface area contributed by atoms with E-state index in [4.69, 9.17) is 9.47 Å². The molecule has 1 aromatic rings. The van der Waals surface area contributed by atoms with Gasteiger partial charge >= 0.3 is 0 Å². The molecule has 1 saturated carbocycles. The van der Waals surface area contributed by atoms with E-state index in [1.54, 1.807) is 32.4 Å². The van der Waals surface area contributed by atoms with Gasteiger partial charge in [0.05, 0.1) is 14.2 Å². The molecule has 82 valence electrons. The van der Waals surface area contributed by atoms with E-state index in [1.807, 2.05) is 6.92 Å². The second kappa shape index (κ2) is 3.40. The normalized spacial score (nSPS) is 28.7. The van der Waals surface area contributed by atoms with Gasteiger partial charge in [0.2, 0.25) is 0 Å². The SMILES string of the molecule is COc1ccc(C2(F)CC2C)c(OC)c1. The summed E-state index contributed by atoms with van der Waals surface area (Å²) in [5.41, 5.74) is -0.559. The van der Waals surface area contributed by atoms with E-state index in [0.29, 0.717) is 23.5 Å². The van der Waals surface area contributed by atoms with Crippen molar-refractivity contribution in [3.63, 3.8) is 0 Å². The van der Waals surface area contributed by atoms with Crippen LogP contribution in [0.15, 0.2) is 18.2 Å². The zero-order chi connectivity index (χ0) is 11.1. The molecule has 0 spiro atoms. The smallest absolute Gasteiger partial charge is 0.142 e. The van der Waals surface area contributed by atoms with E-state index < -0.39 is 5.67 Å². The second-order valence-corrected chi connectivity index (χ2v) is 4.03. The van der Waals surface area contributed by atoms with Gasteiger partial charge in [-0.05, 0) is 24.5 Å². The molecule has 0 heterocycles. The van der Waals surface area contributed by atoms with Gasteiger partial charge in [0, 0.05) is 11.6 Å². The zero-order valence-electron chi connectivity index (χ0n) is 9.21. The van der Waals surface area contributed by atoms with Crippen molar-refractivity contribution < 1.29 is 13.9 Å². The Kier molecular flexibility index (Phi) is 2.33. The molecule has 2 rings (SSSR count). The Balaban J connectivity index is 2.40. The van der Waals surface area contributed by atoms with Crippen molar-refractivity contribution in [1.29, 1.82) is 0 Å². The van der Waals surface area contributed by atoms with Crippen LogP contribution in [-0.4, -0.2) is 14.2 Å². The maximum atomic E-state index is 14.2. The average molecular weight is 210 g/mol. The maximum Gasteiger partial charge on any atom is 0.142 e. The van der Waals surface area contributed by atoms with Crippen molar-refractivity contribution in [1.82, 2.24) is 0 Å². The maximum absolute atomic E-state index is 14.2. The average Bonchev–Trinajstić information content (AvgIpc) is 2.87. The van der Waals surface area contributed by atoms with Gasteiger partial charge < -0.3 is 9.47 Å². The molecule has 0 amide bonds. The third kappa shape index (κ3) is 1.56. The van der Waals surface area contributed by atoms with E-state index >= 15 is 0 Å². The molecule has 2 unspecified atom stereocenters. The molecule has 1 aromatic carbocycles. The molecular weight excluding hydrogens is 195 g/mol. The van der Waals surface area contributed by atoms with Crippen LogP contribution in [0.25, 0.3) is 0 Å². The van der Waals surface area contributed by atoms with Gasteiger partial charge in [0.1, 0.15) is 17.2 Å².